The number of nitrogens with one attached hydrogen (secondary N) is 1. The van der Waals surface area contributed by atoms with E-state index in [9.17, 15) is 14.7 Å². The molecule has 1 aromatic carbocycles. The Kier molecular flexibility index (Phi) is 3.35. The van der Waals surface area contributed by atoms with E-state index in [0.717, 1.165) is 16.8 Å². The van der Waals surface area contributed by atoms with E-state index in [4.69, 9.17) is 0 Å². The minimum absolute atomic E-state index is 0.241. The standard InChI is InChI=1S/C13H13N3O3S/c17-12(16-3-4-20-6-11(16)13(18)19)8-1-2-9-10(5-8)15-7-14-9/h1-2,5,7,11H,3-4,6H2,(H,14,15)(H,18,19). The van der Waals surface area contributed by atoms with E-state index in [2.05, 4.69) is 9.97 Å². The summed E-state index contributed by atoms with van der Waals surface area (Å²) in [5.74, 6) is 0.0113. The highest BCUT2D eigenvalue weighted by molar-refractivity contribution is 7.99. The Hall–Kier alpha value is -2.02. The van der Waals surface area contributed by atoms with Crippen LogP contribution in [0.2, 0.25) is 0 Å². The summed E-state index contributed by atoms with van der Waals surface area (Å²) in [4.78, 5) is 32.2. The van der Waals surface area contributed by atoms with Gasteiger partial charge in [0.15, 0.2) is 0 Å². The molecule has 1 amide bonds. The first-order valence-electron chi connectivity index (χ1n) is 6.21. The lowest BCUT2D eigenvalue weighted by Gasteiger charge is -2.32. The van der Waals surface area contributed by atoms with Crippen molar-refractivity contribution in [3.8, 4) is 0 Å². The number of thioether (sulfide) groups is 1. The summed E-state index contributed by atoms with van der Waals surface area (Å²) in [6, 6.07) is 4.41. The number of hydrogen-bond acceptors (Lipinski definition) is 4. The van der Waals surface area contributed by atoms with Crippen LogP contribution in [0.1, 0.15) is 10.4 Å². The lowest BCUT2D eigenvalue weighted by Crippen LogP contribution is -2.50. The molecule has 7 heteroatoms. The van der Waals surface area contributed by atoms with Crippen LogP contribution < -0.4 is 0 Å². The van der Waals surface area contributed by atoms with Crippen LogP contribution in [-0.2, 0) is 4.79 Å². The smallest absolute Gasteiger partial charge is 0.327 e. The third-order valence-electron chi connectivity index (χ3n) is 3.34. The fourth-order valence-corrected chi connectivity index (χ4v) is 3.32. The molecular weight excluding hydrogens is 278 g/mol. The summed E-state index contributed by atoms with van der Waals surface area (Å²) in [6.45, 7) is 0.460. The van der Waals surface area contributed by atoms with Gasteiger partial charge in [0.05, 0.1) is 17.4 Å². The number of fused-ring (bicyclic) bond motifs is 1. The van der Waals surface area contributed by atoms with Crippen LogP contribution in [-0.4, -0.2) is 55.9 Å². The van der Waals surface area contributed by atoms with Gasteiger partial charge in [-0.1, -0.05) is 0 Å². The average molecular weight is 291 g/mol. The average Bonchev–Trinajstić information content (AvgIpc) is 2.93. The van der Waals surface area contributed by atoms with Gasteiger partial charge in [0, 0.05) is 23.6 Å². The third kappa shape index (κ3) is 2.24. The highest BCUT2D eigenvalue weighted by atomic mass is 32.2. The first-order valence-corrected chi connectivity index (χ1v) is 7.37. The van der Waals surface area contributed by atoms with E-state index in [-0.39, 0.29) is 5.91 Å². The van der Waals surface area contributed by atoms with Gasteiger partial charge >= 0.3 is 5.97 Å². The predicted molar refractivity (Wildman–Crippen MR) is 75.9 cm³/mol. The van der Waals surface area contributed by atoms with Crippen LogP contribution in [0.15, 0.2) is 24.5 Å². The van der Waals surface area contributed by atoms with Gasteiger partial charge in [-0.05, 0) is 18.2 Å². The maximum Gasteiger partial charge on any atom is 0.327 e. The number of carbonyl (C=O) groups is 2. The fraction of sp³-hybridized carbons (Fsp3) is 0.308. The second kappa shape index (κ2) is 5.16. The van der Waals surface area contributed by atoms with Crippen molar-refractivity contribution >= 4 is 34.7 Å². The highest BCUT2D eigenvalue weighted by Gasteiger charge is 2.32. The quantitative estimate of drug-likeness (QED) is 0.868. The van der Waals surface area contributed by atoms with Gasteiger partial charge in [-0.2, -0.15) is 11.8 Å². The molecule has 20 heavy (non-hydrogen) atoms. The maximum atomic E-state index is 12.5. The Morgan fingerprint density at radius 2 is 2.30 bits per heavy atom. The zero-order chi connectivity index (χ0) is 14.1. The number of H-pyrrole nitrogens is 1. The SMILES string of the molecule is O=C(O)C1CSCCN1C(=O)c1ccc2nc[nH]c2c1. The molecule has 104 valence electrons. The van der Waals surface area contributed by atoms with Crippen molar-refractivity contribution in [2.45, 2.75) is 6.04 Å². The van der Waals surface area contributed by atoms with Crippen LogP contribution in [0.25, 0.3) is 11.0 Å². The van der Waals surface area contributed by atoms with Crippen LogP contribution in [0, 0.1) is 0 Å². The molecule has 2 aromatic rings. The third-order valence-corrected chi connectivity index (χ3v) is 4.36. The number of rotatable bonds is 2. The molecule has 2 N–H and O–H groups in total. The highest BCUT2D eigenvalue weighted by Crippen LogP contribution is 2.20. The van der Waals surface area contributed by atoms with E-state index in [1.54, 1.807) is 36.3 Å². The fourth-order valence-electron chi connectivity index (χ4n) is 2.29. The number of aromatic amines is 1. The predicted octanol–water partition coefficient (Wildman–Crippen LogP) is 1.21. The maximum absolute atomic E-state index is 12.5. The van der Waals surface area contributed by atoms with Crippen LogP contribution in [0.5, 0.6) is 0 Å². The van der Waals surface area contributed by atoms with Crippen molar-refractivity contribution < 1.29 is 14.7 Å². The van der Waals surface area contributed by atoms with Gasteiger partial charge < -0.3 is 15.0 Å². The van der Waals surface area contributed by atoms with E-state index in [1.807, 2.05) is 0 Å². The Balaban J connectivity index is 1.91. The second-order valence-electron chi connectivity index (χ2n) is 4.56. The molecule has 1 atom stereocenters. The topological polar surface area (TPSA) is 86.3 Å². The number of carboxylic acids is 1. The first kappa shape index (κ1) is 13.0. The molecule has 0 saturated carbocycles. The second-order valence-corrected chi connectivity index (χ2v) is 5.71. The van der Waals surface area contributed by atoms with E-state index in [1.165, 1.54) is 4.90 Å². The van der Waals surface area contributed by atoms with Crippen molar-refractivity contribution in [2.24, 2.45) is 0 Å². The Morgan fingerprint density at radius 3 is 3.10 bits per heavy atom. The number of carbonyl (C=O) groups excluding carboxylic acids is 1. The minimum Gasteiger partial charge on any atom is -0.480 e. The van der Waals surface area contributed by atoms with Crippen molar-refractivity contribution in [2.75, 3.05) is 18.1 Å². The lowest BCUT2D eigenvalue weighted by molar-refractivity contribution is -0.141. The molecule has 3 rings (SSSR count). The summed E-state index contributed by atoms with van der Waals surface area (Å²) < 4.78 is 0. The largest absolute Gasteiger partial charge is 0.480 e. The van der Waals surface area contributed by atoms with Gasteiger partial charge in [-0.15, -0.1) is 0 Å². The molecule has 1 aromatic heterocycles. The molecule has 1 saturated heterocycles. The molecule has 1 fully saturated rings. The monoisotopic (exact) mass is 291 g/mol. The molecule has 2 heterocycles. The molecule has 1 aliphatic heterocycles. The molecule has 1 aliphatic rings. The number of amides is 1. The van der Waals surface area contributed by atoms with Gasteiger partial charge in [0.1, 0.15) is 6.04 Å². The van der Waals surface area contributed by atoms with Gasteiger partial charge in [-0.3, -0.25) is 4.79 Å². The van der Waals surface area contributed by atoms with Crippen LogP contribution >= 0.6 is 11.8 Å². The van der Waals surface area contributed by atoms with Gasteiger partial charge in [0.25, 0.3) is 5.91 Å². The molecule has 0 bridgehead atoms. The van der Waals surface area contributed by atoms with Crippen LogP contribution in [0.3, 0.4) is 0 Å². The van der Waals surface area contributed by atoms with E-state index >= 15 is 0 Å². The molecule has 0 spiro atoms. The zero-order valence-corrected chi connectivity index (χ0v) is 11.4. The van der Waals surface area contributed by atoms with Gasteiger partial charge in [-0.25, -0.2) is 9.78 Å². The minimum atomic E-state index is -0.951. The number of nitrogens with zero attached hydrogens (tertiary/aromatic N) is 2. The van der Waals surface area contributed by atoms with Crippen molar-refractivity contribution in [3.63, 3.8) is 0 Å². The number of imidazole rings is 1. The molecule has 1 unspecified atom stereocenters. The Labute approximate surface area is 119 Å². The Bertz CT molecular complexity index is 670. The van der Waals surface area contributed by atoms with E-state index < -0.39 is 12.0 Å². The summed E-state index contributed by atoms with van der Waals surface area (Å²) in [6.07, 6.45) is 1.57. The zero-order valence-electron chi connectivity index (χ0n) is 10.6. The van der Waals surface area contributed by atoms with Crippen LogP contribution in [0.4, 0.5) is 0 Å². The first-order chi connectivity index (χ1) is 9.66. The number of aliphatic carboxylic acids is 1. The molecule has 6 nitrogen and oxygen atoms in total. The Morgan fingerprint density at radius 1 is 1.45 bits per heavy atom. The lowest BCUT2D eigenvalue weighted by atomic mass is 10.1. The summed E-state index contributed by atoms with van der Waals surface area (Å²) in [7, 11) is 0. The number of benzene rings is 1. The molecule has 0 radical (unpaired) electrons. The number of hydrogen-bond donors (Lipinski definition) is 2. The summed E-state index contributed by atoms with van der Waals surface area (Å²) in [5, 5.41) is 9.22. The molecule has 0 aliphatic carbocycles. The van der Waals surface area contributed by atoms with Crippen molar-refractivity contribution in [1.82, 2.24) is 14.9 Å². The van der Waals surface area contributed by atoms with Gasteiger partial charge in [0.2, 0.25) is 0 Å². The molecular formula is C13H13N3O3S. The number of aromatic nitrogens is 2. The normalized spacial score (nSPS) is 19.2. The van der Waals surface area contributed by atoms with Crippen molar-refractivity contribution in [1.29, 1.82) is 0 Å². The summed E-state index contributed by atoms with van der Waals surface area (Å²) >= 11 is 1.56. The summed E-state index contributed by atoms with van der Waals surface area (Å²) in [5.41, 5.74) is 2.04. The van der Waals surface area contributed by atoms with E-state index in [0.29, 0.717) is 17.9 Å². The number of carboxylic acid groups (broad SMARTS) is 1. The van der Waals surface area contributed by atoms with Crippen molar-refractivity contribution in [3.05, 3.63) is 30.1 Å².